The average molecular weight is 205 g/mol. The molecule has 2 heteroatoms. The van der Waals surface area contributed by atoms with Gasteiger partial charge in [-0.1, -0.05) is 26.0 Å². The predicted octanol–water partition coefficient (Wildman–Crippen LogP) is 2.37. The van der Waals surface area contributed by atoms with Crippen LogP contribution in [0.25, 0.3) is 0 Å². The second kappa shape index (κ2) is 3.86. The van der Waals surface area contributed by atoms with Crippen LogP contribution >= 0.6 is 0 Å². The zero-order chi connectivity index (χ0) is 11.0. The first-order valence-electron chi connectivity index (χ1n) is 5.61. The summed E-state index contributed by atoms with van der Waals surface area (Å²) in [5, 5.41) is 9.98. The van der Waals surface area contributed by atoms with Crippen LogP contribution in [0.2, 0.25) is 0 Å². The Hall–Kier alpha value is -1.02. The molecule has 15 heavy (non-hydrogen) atoms. The summed E-state index contributed by atoms with van der Waals surface area (Å²) >= 11 is 0. The van der Waals surface area contributed by atoms with Crippen molar-refractivity contribution in [3.8, 4) is 0 Å². The highest BCUT2D eigenvalue weighted by Crippen LogP contribution is 2.31. The van der Waals surface area contributed by atoms with E-state index >= 15 is 0 Å². The van der Waals surface area contributed by atoms with Gasteiger partial charge in [-0.2, -0.15) is 0 Å². The first kappa shape index (κ1) is 10.5. The fourth-order valence-corrected chi connectivity index (χ4v) is 2.16. The van der Waals surface area contributed by atoms with Crippen molar-refractivity contribution in [1.29, 1.82) is 0 Å². The summed E-state index contributed by atoms with van der Waals surface area (Å²) in [6.07, 6.45) is 0.769. The minimum absolute atomic E-state index is 0.280. The van der Waals surface area contributed by atoms with Gasteiger partial charge in [0.2, 0.25) is 0 Å². The second-order valence-corrected chi connectivity index (χ2v) is 4.75. The van der Waals surface area contributed by atoms with E-state index in [-0.39, 0.29) is 12.0 Å². The third-order valence-electron chi connectivity index (χ3n) is 3.20. The summed E-state index contributed by atoms with van der Waals surface area (Å²) in [4.78, 5) is 2.26. The van der Waals surface area contributed by atoms with Gasteiger partial charge < -0.3 is 10.0 Å². The van der Waals surface area contributed by atoms with Crippen molar-refractivity contribution < 1.29 is 5.11 Å². The molecule has 0 amide bonds. The number of aliphatic hydroxyl groups is 1. The van der Waals surface area contributed by atoms with Gasteiger partial charge in [-0.15, -0.1) is 0 Å². The molecule has 0 spiro atoms. The maximum atomic E-state index is 9.98. The maximum absolute atomic E-state index is 9.98. The van der Waals surface area contributed by atoms with Crippen LogP contribution < -0.4 is 4.90 Å². The Labute approximate surface area is 91.5 Å². The van der Waals surface area contributed by atoms with E-state index in [1.807, 2.05) is 19.9 Å². The molecule has 0 saturated heterocycles. The number of nitrogens with zero attached hydrogens (tertiary/aromatic N) is 1. The van der Waals surface area contributed by atoms with E-state index in [4.69, 9.17) is 0 Å². The molecule has 1 unspecified atom stereocenters. The molecule has 1 aliphatic rings. The molecule has 1 atom stereocenters. The molecule has 82 valence electrons. The number of aliphatic hydroxyl groups excluding tert-OH is 1. The summed E-state index contributed by atoms with van der Waals surface area (Å²) in [6, 6.07) is 6.33. The molecule has 0 saturated carbocycles. The topological polar surface area (TPSA) is 23.5 Å². The predicted molar refractivity (Wildman–Crippen MR) is 63.2 cm³/mol. The van der Waals surface area contributed by atoms with Crippen LogP contribution in [0.4, 0.5) is 5.69 Å². The van der Waals surface area contributed by atoms with Crippen LogP contribution in [0.15, 0.2) is 18.2 Å². The highest BCUT2D eigenvalue weighted by atomic mass is 16.3. The summed E-state index contributed by atoms with van der Waals surface area (Å²) in [5.74, 6) is 0.280. The Morgan fingerprint density at radius 3 is 2.73 bits per heavy atom. The first-order valence-corrected chi connectivity index (χ1v) is 5.61. The number of hydrogen-bond donors (Lipinski definition) is 1. The Morgan fingerprint density at radius 1 is 1.33 bits per heavy atom. The van der Waals surface area contributed by atoms with Gasteiger partial charge in [0, 0.05) is 19.3 Å². The number of fused-ring (bicyclic) bond motifs is 1. The first-order chi connectivity index (χ1) is 7.09. The molecule has 1 heterocycles. The zero-order valence-electron chi connectivity index (χ0n) is 9.70. The maximum Gasteiger partial charge on any atom is 0.0813 e. The van der Waals surface area contributed by atoms with E-state index in [1.54, 1.807) is 0 Å². The van der Waals surface area contributed by atoms with E-state index in [9.17, 15) is 5.11 Å². The molecule has 0 aromatic heterocycles. The van der Waals surface area contributed by atoms with Crippen molar-refractivity contribution in [1.82, 2.24) is 0 Å². The highest BCUT2D eigenvalue weighted by Gasteiger charge is 2.18. The number of benzene rings is 1. The molecule has 0 aliphatic carbocycles. The quantitative estimate of drug-likeness (QED) is 0.801. The summed E-state index contributed by atoms with van der Waals surface area (Å²) < 4.78 is 0. The van der Waals surface area contributed by atoms with Gasteiger partial charge in [0.05, 0.1) is 6.10 Å². The van der Waals surface area contributed by atoms with Crippen molar-refractivity contribution in [2.24, 2.45) is 5.92 Å². The van der Waals surface area contributed by atoms with Gasteiger partial charge in [-0.3, -0.25) is 0 Å². The van der Waals surface area contributed by atoms with E-state index in [0.29, 0.717) is 0 Å². The Morgan fingerprint density at radius 2 is 2.07 bits per heavy atom. The molecule has 1 aromatic rings. The Bertz CT molecular complexity index is 360. The third kappa shape index (κ3) is 1.86. The minimum Gasteiger partial charge on any atom is -0.388 e. The van der Waals surface area contributed by atoms with E-state index < -0.39 is 0 Å². The smallest absolute Gasteiger partial charge is 0.0813 e. The minimum atomic E-state index is -0.332. The average Bonchev–Trinajstić information content (AvgIpc) is 2.59. The van der Waals surface area contributed by atoms with Gasteiger partial charge in [0.25, 0.3) is 0 Å². The highest BCUT2D eigenvalue weighted by molar-refractivity contribution is 5.58. The van der Waals surface area contributed by atoms with Crippen molar-refractivity contribution in [2.75, 3.05) is 18.5 Å². The molecular weight excluding hydrogens is 186 g/mol. The standard InChI is InChI=1S/C13H19NO/c1-9(2)13(15)11-4-5-12-10(8-11)6-7-14(12)3/h4-5,8-9,13,15H,6-7H2,1-3H3. The van der Waals surface area contributed by atoms with Crippen LogP contribution in [0.1, 0.15) is 31.1 Å². The third-order valence-corrected chi connectivity index (χ3v) is 3.20. The lowest BCUT2D eigenvalue weighted by Gasteiger charge is -2.17. The van der Waals surface area contributed by atoms with E-state index in [0.717, 1.165) is 18.5 Å². The SMILES string of the molecule is CC(C)C(O)c1ccc2c(c1)CCN2C. The van der Waals surface area contributed by atoms with Crippen molar-refractivity contribution in [3.05, 3.63) is 29.3 Å². The molecule has 2 rings (SSSR count). The van der Waals surface area contributed by atoms with E-state index in [2.05, 4.69) is 24.1 Å². The van der Waals surface area contributed by atoms with Gasteiger partial charge in [-0.05, 0) is 29.5 Å². The molecule has 1 aliphatic heterocycles. The fraction of sp³-hybridized carbons (Fsp3) is 0.538. The van der Waals surface area contributed by atoms with Crippen LogP contribution in [0.3, 0.4) is 0 Å². The number of rotatable bonds is 2. The molecule has 0 bridgehead atoms. The lowest BCUT2D eigenvalue weighted by atomic mass is 9.97. The summed E-state index contributed by atoms with van der Waals surface area (Å²) in [7, 11) is 2.12. The fourth-order valence-electron chi connectivity index (χ4n) is 2.16. The molecule has 0 radical (unpaired) electrons. The number of likely N-dealkylation sites (N-methyl/N-ethyl adjacent to an activating group) is 1. The van der Waals surface area contributed by atoms with Gasteiger partial charge >= 0.3 is 0 Å². The van der Waals surface area contributed by atoms with Gasteiger partial charge in [0.1, 0.15) is 0 Å². The lowest BCUT2D eigenvalue weighted by Crippen LogP contribution is -2.12. The number of hydrogen-bond acceptors (Lipinski definition) is 2. The summed E-state index contributed by atoms with van der Waals surface area (Å²) in [6.45, 7) is 5.19. The Balaban J connectivity index is 2.30. The van der Waals surface area contributed by atoms with E-state index in [1.165, 1.54) is 11.3 Å². The Kier molecular flexibility index (Phi) is 2.70. The largest absolute Gasteiger partial charge is 0.388 e. The summed E-state index contributed by atoms with van der Waals surface area (Å²) in [5.41, 5.74) is 3.74. The zero-order valence-corrected chi connectivity index (χ0v) is 9.70. The second-order valence-electron chi connectivity index (χ2n) is 4.75. The van der Waals surface area contributed by atoms with Crippen LogP contribution in [-0.2, 0) is 6.42 Å². The normalized spacial score (nSPS) is 17.0. The molecular formula is C13H19NO. The molecule has 1 aromatic carbocycles. The van der Waals surface area contributed by atoms with Gasteiger partial charge in [-0.25, -0.2) is 0 Å². The molecule has 2 nitrogen and oxygen atoms in total. The molecule has 0 fully saturated rings. The van der Waals surface area contributed by atoms with Crippen LogP contribution in [0, 0.1) is 5.92 Å². The van der Waals surface area contributed by atoms with Crippen molar-refractivity contribution in [3.63, 3.8) is 0 Å². The van der Waals surface area contributed by atoms with Crippen molar-refractivity contribution in [2.45, 2.75) is 26.4 Å². The van der Waals surface area contributed by atoms with Crippen molar-refractivity contribution >= 4 is 5.69 Å². The molecule has 1 N–H and O–H groups in total. The number of anilines is 1. The van der Waals surface area contributed by atoms with Crippen LogP contribution in [-0.4, -0.2) is 18.7 Å². The lowest BCUT2D eigenvalue weighted by molar-refractivity contribution is 0.127. The van der Waals surface area contributed by atoms with Gasteiger partial charge in [0.15, 0.2) is 0 Å². The van der Waals surface area contributed by atoms with Crippen LogP contribution in [0.5, 0.6) is 0 Å². The monoisotopic (exact) mass is 205 g/mol.